The number of nitrogens with one attached hydrogen (secondary N) is 1. The summed E-state index contributed by atoms with van der Waals surface area (Å²) in [5.41, 5.74) is 8.14. The van der Waals surface area contributed by atoms with Crippen molar-refractivity contribution >= 4 is 53.0 Å². The van der Waals surface area contributed by atoms with Crippen LogP contribution >= 0.6 is 23.5 Å². The van der Waals surface area contributed by atoms with Crippen molar-refractivity contribution in [1.82, 2.24) is 19.1 Å². The maximum Gasteiger partial charge on any atom is 0.350 e. The highest BCUT2D eigenvalue weighted by atomic mass is 32.2. The highest BCUT2D eigenvalue weighted by Crippen LogP contribution is 2.45. The van der Waals surface area contributed by atoms with Crippen LogP contribution in [0.1, 0.15) is 38.4 Å². The molecule has 6 aromatic rings. The summed E-state index contributed by atoms with van der Waals surface area (Å²) in [5, 5.41) is 17.4. The number of amides is 1. The summed E-state index contributed by atoms with van der Waals surface area (Å²) in [6.45, 7) is 0.632. The molecule has 336 valence electrons. The van der Waals surface area contributed by atoms with Gasteiger partial charge in [0.1, 0.15) is 35.1 Å². The molecule has 2 aromatic heterocycles. The second-order valence-electron chi connectivity index (χ2n) is 14.8. The van der Waals surface area contributed by atoms with E-state index in [4.69, 9.17) is 20.3 Å². The van der Waals surface area contributed by atoms with Gasteiger partial charge in [0, 0.05) is 19.3 Å². The quantitative estimate of drug-likeness (QED) is 0.115. The molecule has 8 rings (SSSR count). The monoisotopic (exact) mass is 924 g/mol. The fourth-order valence-corrected chi connectivity index (χ4v) is 9.86. The van der Waals surface area contributed by atoms with Crippen molar-refractivity contribution in [2.75, 3.05) is 24.3 Å². The van der Waals surface area contributed by atoms with Crippen LogP contribution in [0.3, 0.4) is 0 Å². The minimum absolute atomic E-state index is 0.0212. The summed E-state index contributed by atoms with van der Waals surface area (Å²) in [6, 6.07) is 35.7. The molecule has 65 heavy (non-hydrogen) atoms. The summed E-state index contributed by atoms with van der Waals surface area (Å²) in [5.74, 6) is -1.73. The minimum atomic E-state index is -1.86. The van der Waals surface area contributed by atoms with Crippen LogP contribution in [0.5, 0.6) is 0 Å². The van der Waals surface area contributed by atoms with E-state index in [0.717, 1.165) is 54.9 Å². The molecule has 4 heterocycles. The molecule has 0 radical (unpaired) electrons. The standard InChI is InChI=1S/C37H30FN3O6S.C9H12FN3O3S/c1-23(42)39-31-20-21-41(37(45)40-31)34-32(38)33(47-36(44)29-18-14-27(15-19-29)25-10-6-3-7-11-25)30(48-34)22-46-35(43)28-16-12-26(13-17-28)24-8-4-2-5-9-24;10-6-7(15)4(3-14)17-8(6)13-2-1-5(11)12-9(13)16/h2-21,30,32-34H,22H2,1H3,(H,39,40,42,45);1-2,4,6-8,14-15H,3H2,(H2,11,12,16)/t30-,32+,33-,34-;4-,6+,7-,8-/m11/s1. The highest BCUT2D eigenvalue weighted by molar-refractivity contribution is 8.00. The molecule has 5 N–H and O–H groups in total. The summed E-state index contributed by atoms with van der Waals surface area (Å²) < 4.78 is 43.4. The fourth-order valence-electron chi connectivity index (χ4n) is 7.04. The predicted octanol–water partition coefficient (Wildman–Crippen LogP) is 5.70. The van der Waals surface area contributed by atoms with Crippen LogP contribution in [-0.2, 0) is 14.3 Å². The van der Waals surface area contributed by atoms with E-state index in [0.29, 0.717) is 5.56 Å². The van der Waals surface area contributed by atoms with Crippen molar-refractivity contribution in [3.8, 4) is 22.3 Å². The molecular formula is C46H42F2N6O9S2. The number of aromatic nitrogens is 4. The number of carbonyl (C=O) groups is 3. The Hall–Kier alpha value is -6.67. The Labute approximate surface area is 378 Å². The number of hydrogen-bond acceptors (Lipinski definition) is 14. The van der Waals surface area contributed by atoms with Gasteiger partial charge in [-0.3, -0.25) is 13.9 Å². The maximum absolute atomic E-state index is 16.2. The molecule has 0 unspecified atom stereocenters. The van der Waals surface area contributed by atoms with Crippen LogP contribution in [0.15, 0.2) is 143 Å². The molecule has 2 saturated heterocycles. The molecule has 0 bridgehead atoms. The number of halogens is 2. The van der Waals surface area contributed by atoms with E-state index in [1.165, 1.54) is 31.5 Å². The average molecular weight is 925 g/mol. The zero-order valence-electron chi connectivity index (χ0n) is 34.4. The molecule has 2 fully saturated rings. The molecule has 1 amide bonds. The number of esters is 2. The third-order valence-electron chi connectivity index (χ3n) is 10.4. The summed E-state index contributed by atoms with van der Waals surface area (Å²) >= 11 is 2.00. The van der Waals surface area contributed by atoms with Crippen molar-refractivity contribution in [3.63, 3.8) is 0 Å². The van der Waals surface area contributed by atoms with Gasteiger partial charge < -0.3 is 30.7 Å². The van der Waals surface area contributed by atoms with Gasteiger partial charge in [0.15, 0.2) is 18.4 Å². The SMILES string of the molecule is CC(=O)Nc1ccn([C@@H]2S[C@H](COC(=O)c3ccc(-c4ccccc4)cc3)[C@@H](OC(=O)c3ccc(-c4ccccc4)cc3)[C@@H]2F)c(=O)n1.Nc1ccn([C@@H]2S[C@H](CO)[C@@H](O)[C@@H]2F)c(=O)n1. The Morgan fingerprint density at radius 1 is 0.692 bits per heavy atom. The Bertz CT molecular complexity index is 2730. The number of benzene rings is 4. The van der Waals surface area contributed by atoms with Crippen LogP contribution in [0.25, 0.3) is 22.3 Å². The summed E-state index contributed by atoms with van der Waals surface area (Å²) in [7, 11) is 0. The number of carbonyl (C=O) groups excluding carboxylic acids is 3. The maximum atomic E-state index is 16.2. The second kappa shape index (κ2) is 20.9. The number of alkyl halides is 2. The zero-order valence-corrected chi connectivity index (χ0v) is 36.1. The predicted molar refractivity (Wildman–Crippen MR) is 243 cm³/mol. The van der Waals surface area contributed by atoms with Crippen LogP contribution < -0.4 is 22.4 Å². The third kappa shape index (κ3) is 11.0. The van der Waals surface area contributed by atoms with Crippen LogP contribution in [-0.4, -0.2) is 95.4 Å². The van der Waals surface area contributed by atoms with Gasteiger partial charge in [-0.15, -0.1) is 23.5 Å². The first-order valence-electron chi connectivity index (χ1n) is 20.1. The van der Waals surface area contributed by atoms with Gasteiger partial charge >= 0.3 is 23.3 Å². The molecule has 8 atom stereocenters. The lowest BCUT2D eigenvalue weighted by atomic mass is 10.0. The first-order chi connectivity index (χ1) is 31.3. The molecule has 19 heteroatoms. The Morgan fingerprint density at radius 2 is 1.18 bits per heavy atom. The zero-order chi connectivity index (χ0) is 46.2. The van der Waals surface area contributed by atoms with Crippen molar-refractivity contribution in [2.24, 2.45) is 0 Å². The lowest BCUT2D eigenvalue weighted by molar-refractivity contribution is -0.114. The van der Waals surface area contributed by atoms with Gasteiger partial charge in [-0.1, -0.05) is 84.9 Å². The highest BCUT2D eigenvalue weighted by Gasteiger charge is 2.49. The average Bonchev–Trinajstić information content (AvgIpc) is 3.78. The van der Waals surface area contributed by atoms with Crippen molar-refractivity contribution < 1.29 is 42.9 Å². The number of aliphatic hydroxyl groups excluding tert-OH is 2. The number of rotatable bonds is 11. The number of hydrogen-bond donors (Lipinski definition) is 4. The molecule has 2 aliphatic rings. The van der Waals surface area contributed by atoms with Crippen molar-refractivity contribution in [2.45, 2.75) is 52.7 Å². The van der Waals surface area contributed by atoms with Crippen molar-refractivity contribution in [1.29, 1.82) is 0 Å². The van der Waals surface area contributed by atoms with E-state index < -0.39 is 75.0 Å². The lowest BCUT2D eigenvalue weighted by Gasteiger charge is -2.21. The first kappa shape index (κ1) is 46.3. The largest absolute Gasteiger partial charge is 0.461 e. The minimum Gasteiger partial charge on any atom is -0.461 e. The van der Waals surface area contributed by atoms with Crippen LogP contribution in [0.4, 0.5) is 20.4 Å². The molecule has 2 aliphatic heterocycles. The van der Waals surface area contributed by atoms with Gasteiger partial charge in [0.25, 0.3) is 0 Å². The molecule has 15 nitrogen and oxygen atoms in total. The van der Waals surface area contributed by atoms with Crippen LogP contribution in [0.2, 0.25) is 0 Å². The first-order valence-corrected chi connectivity index (χ1v) is 22.0. The van der Waals surface area contributed by atoms with Crippen LogP contribution in [0, 0.1) is 0 Å². The normalized spacial score (nSPS) is 22.3. The number of ether oxygens (including phenoxy) is 2. The second-order valence-corrected chi connectivity index (χ2v) is 17.5. The van der Waals surface area contributed by atoms with E-state index in [-0.39, 0.29) is 30.4 Å². The number of nitrogens with two attached hydrogens (primary N) is 1. The fraction of sp³-hybridized carbons (Fsp3) is 0.239. The van der Waals surface area contributed by atoms with E-state index in [9.17, 15) is 33.5 Å². The van der Waals surface area contributed by atoms with Gasteiger partial charge in [-0.05, 0) is 58.7 Å². The number of aliphatic hydroxyl groups is 2. The summed E-state index contributed by atoms with van der Waals surface area (Å²) in [4.78, 5) is 69.4. The van der Waals surface area contributed by atoms with Gasteiger partial charge in [0.2, 0.25) is 5.91 Å². The van der Waals surface area contributed by atoms with Crippen molar-refractivity contribution in [3.05, 3.63) is 166 Å². The van der Waals surface area contributed by atoms with Gasteiger partial charge in [-0.25, -0.2) is 28.0 Å². The Balaban J connectivity index is 0.000000310. The molecule has 0 spiro atoms. The number of nitrogen functional groups attached to an aromatic ring is 1. The van der Waals surface area contributed by atoms with E-state index in [2.05, 4.69) is 15.3 Å². The van der Waals surface area contributed by atoms with E-state index >= 15 is 4.39 Å². The lowest BCUT2D eigenvalue weighted by Crippen LogP contribution is -2.37. The molecule has 4 aromatic carbocycles. The molecular weight excluding hydrogens is 883 g/mol. The van der Waals surface area contributed by atoms with Gasteiger partial charge in [0.05, 0.1) is 28.2 Å². The smallest absolute Gasteiger partial charge is 0.350 e. The Morgan fingerprint density at radius 3 is 1.69 bits per heavy atom. The molecule has 0 saturated carbocycles. The van der Waals surface area contributed by atoms with Gasteiger partial charge in [-0.2, -0.15) is 9.97 Å². The Kier molecular flexibility index (Phi) is 14.9. The number of anilines is 2. The topological polar surface area (TPSA) is 218 Å². The summed E-state index contributed by atoms with van der Waals surface area (Å²) in [6.07, 6.45) is -3.49. The van der Waals surface area contributed by atoms with E-state index in [1.807, 2.05) is 72.8 Å². The molecule has 0 aliphatic carbocycles. The number of thioether (sulfide) groups is 2. The number of nitrogens with zero attached hydrogens (tertiary/aromatic N) is 4. The van der Waals surface area contributed by atoms with E-state index in [1.54, 1.807) is 36.4 Å². The third-order valence-corrected chi connectivity index (χ3v) is 13.4.